The highest BCUT2D eigenvalue weighted by atomic mass is 32.2. The summed E-state index contributed by atoms with van der Waals surface area (Å²) in [6.07, 6.45) is 0. The largest absolute Gasteiger partial charge is 0.326 e. The van der Waals surface area contributed by atoms with Crippen molar-refractivity contribution in [2.75, 3.05) is 0 Å². The molecule has 0 fully saturated rings. The van der Waals surface area contributed by atoms with E-state index in [0.717, 1.165) is 0 Å². The van der Waals surface area contributed by atoms with Crippen LogP contribution in [0.3, 0.4) is 0 Å². The smallest absolute Gasteiger partial charge is 0.191 e. The van der Waals surface area contributed by atoms with E-state index in [1.807, 2.05) is 0 Å². The van der Waals surface area contributed by atoms with E-state index in [4.69, 9.17) is 5.73 Å². The predicted octanol–water partition coefficient (Wildman–Crippen LogP) is 2.32. The van der Waals surface area contributed by atoms with Crippen LogP contribution in [0.1, 0.15) is 11.1 Å². The molecule has 0 saturated heterocycles. The van der Waals surface area contributed by atoms with Crippen LogP contribution in [0.15, 0.2) is 39.9 Å². The molecule has 0 amide bonds. The van der Waals surface area contributed by atoms with Gasteiger partial charge in [0.15, 0.2) is 9.84 Å². The fourth-order valence-electron chi connectivity index (χ4n) is 1.64. The molecule has 0 aliphatic heterocycles. The number of nitrogens with two attached hydrogens (primary N) is 1. The van der Waals surface area contributed by atoms with Crippen molar-refractivity contribution >= 4 is 21.2 Å². The first kappa shape index (κ1) is 13.2. The minimum Gasteiger partial charge on any atom is -0.326 e. The van der Waals surface area contributed by atoms with Crippen LogP contribution < -0.4 is 5.73 Å². The Morgan fingerprint density at radius 2 is 2.00 bits per heavy atom. The van der Waals surface area contributed by atoms with Crippen molar-refractivity contribution in [1.82, 2.24) is 0 Å². The Kier molecular flexibility index (Phi) is 3.79. The Morgan fingerprint density at radius 3 is 2.61 bits per heavy atom. The highest BCUT2D eigenvalue weighted by molar-refractivity contribution is 7.92. The zero-order valence-corrected chi connectivity index (χ0v) is 11.1. The first-order valence-corrected chi connectivity index (χ1v) is 7.80. The Morgan fingerprint density at radius 1 is 1.22 bits per heavy atom. The molecule has 18 heavy (non-hydrogen) atoms. The monoisotopic (exact) mass is 285 g/mol. The lowest BCUT2D eigenvalue weighted by molar-refractivity contribution is 0.596. The van der Waals surface area contributed by atoms with E-state index < -0.39 is 15.7 Å². The maximum absolute atomic E-state index is 13.0. The van der Waals surface area contributed by atoms with Crippen molar-refractivity contribution in [1.29, 1.82) is 0 Å². The van der Waals surface area contributed by atoms with E-state index in [9.17, 15) is 12.8 Å². The predicted molar refractivity (Wildman–Crippen MR) is 69.5 cm³/mol. The topological polar surface area (TPSA) is 60.2 Å². The number of rotatable bonds is 4. The van der Waals surface area contributed by atoms with Crippen molar-refractivity contribution in [3.05, 3.63) is 52.7 Å². The van der Waals surface area contributed by atoms with Crippen LogP contribution >= 0.6 is 11.3 Å². The van der Waals surface area contributed by atoms with Crippen molar-refractivity contribution in [3.63, 3.8) is 0 Å². The summed E-state index contributed by atoms with van der Waals surface area (Å²) in [5.74, 6) is -0.562. The lowest BCUT2D eigenvalue weighted by Gasteiger charge is -2.08. The van der Waals surface area contributed by atoms with Gasteiger partial charge in [-0.3, -0.25) is 0 Å². The first-order chi connectivity index (χ1) is 8.53. The molecule has 0 bridgehead atoms. The van der Waals surface area contributed by atoms with Gasteiger partial charge in [-0.15, -0.1) is 11.3 Å². The summed E-state index contributed by atoms with van der Waals surface area (Å²) >= 11 is 1.17. The Hall–Kier alpha value is -1.24. The fraction of sp³-hybridized carbons (Fsp3) is 0.167. The molecule has 0 saturated carbocycles. The highest BCUT2D eigenvalue weighted by Crippen LogP contribution is 2.23. The molecule has 0 radical (unpaired) electrons. The number of hydrogen-bond donors (Lipinski definition) is 1. The number of thiophene rings is 1. The molecule has 6 heteroatoms. The van der Waals surface area contributed by atoms with Crippen LogP contribution in [0.5, 0.6) is 0 Å². The normalized spacial score (nSPS) is 11.7. The maximum atomic E-state index is 13.0. The van der Waals surface area contributed by atoms with Crippen LogP contribution in [0.2, 0.25) is 0 Å². The molecule has 1 aromatic heterocycles. The lowest BCUT2D eigenvalue weighted by atomic mass is 10.1. The van der Waals surface area contributed by atoms with Gasteiger partial charge < -0.3 is 5.73 Å². The second-order valence-electron chi connectivity index (χ2n) is 3.81. The summed E-state index contributed by atoms with van der Waals surface area (Å²) in [4.78, 5) is 0. The standard InChI is InChI=1S/C12H12FNO2S2/c13-11-4-3-9(10(6-11)7-14)8-18(15,16)12-2-1-5-17-12/h1-6H,7-8,14H2. The molecule has 0 aliphatic rings. The van der Waals surface area contributed by atoms with E-state index in [-0.39, 0.29) is 12.3 Å². The van der Waals surface area contributed by atoms with Gasteiger partial charge in [0, 0.05) is 6.54 Å². The van der Waals surface area contributed by atoms with E-state index in [2.05, 4.69) is 0 Å². The molecule has 2 aromatic rings. The van der Waals surface area contributed by atoms with Crippen LogP contribution in [0, 0.1) is 5.82 Å². The zero-order valence-electron chi connectivity index (χ0n) is 9.47. The van der Waals surface area contributed by atoms with Gasteiger partial charge >= 0.3 is 0 Å². The van der Waals surface area contributed by atoms with Crippen molar-refractivity contribution < 1.29 is 12.8 Å². The second-order valence-corrected chi connectivity index (χ2v) is 6.97. The number of hydrogen-bond acceptors (Lipinski definition) is 4. The molecule has 1 aromatic carbocycles. The molecular weight excluding hydrogens is 273 g/mol. The van der Waals surface area contributed by atoms with Crippen molar-refractivity contribution in [3.8, 4) is 0 Å². The van der Waals surface area contributed by atoms with Gasteiger partial charge in [0.05, 0.1) is 5.75 Å². The minimum atomic E-state index is -3.37. The van der Waals surface area contributed by atoms with E-state index in [1.54, 1.807) is 17.5 Å². The van der Waals surface area contributed by atoms with Crippen LogP contribution in [0.4, 0.5) is 4.39 Å². The number of benzene rings is 1. The van der Waals surface area contributed by atoms with E-state index >= 15 is 0 Å². The van der Waals surface area contributed by atoms with E-state index in [1.165, 1.54) is 29.5 Å². The van der Waals surface area contributed by atoms with Gasteiger partial charge in [-0.1, -0.05) is 12.1 Å². The Bertz CT molecular complexity index is 636. The average Bonchev–Trinajstić information content (AvgIpc) is 2.85. The number of halogens is 1. The molecule has 0 unspecified atom stereocenters. The summed E-state index contributed by atoms with van der Waals surface area (Å²) in [5.41, 5.74) is 6.57. The number of sulfone groups is 1. The Labute approximate surface area is 109 Å². The van der Waals surface area contributed by atoms with Crippen molar-refractivity contribution in [2.45, 2.75) is 16.5 Å². The molecule has 0 aliphatic carbocycles. The highest BCUT2D eigenvalue weighted by Gasteiger charge is 2.18. The first-order valence-electron chi connectivity index (χ1n) is 5.26. The van der Waals surface area contributed by atoms with Gasteiger partial charge in [-0.05, 0) is 34.7 Å². The lowest BCUT2D eigenvalue weighted by Crippen LogP contribution is -2.08. The summed E-state index contributed by atoms with van der Waals surface area (Å²) in [6, 6.07) is 7.25. The molecule has 0 atom stereocenters. The molecule has 96 valence electrons. The fourth-order valence-corrected chi connectivity index (χ4v) is 4.14. The van der Waals surface area contributed by atoms with Gasteiger partial charge in [0.1, 0.15) is 10.0 Å². The average molecular weight is 285 g/mol. The van der Waals surface area contributed by atoms with Crippen molar-refractivity contribution in [2.24, 2.45) is 5.73 Å². The molecule has 2 rings (SSSR count). The van der Waals surface area contributed by atoms with E-state index in [0.29, 0.717) is 15.3 Å². The second kappa shape index (κ2) is 5.17. The zero-order chi connectivity index (χ0) is 13.2. The third-order valence-electron chi connectivity index (χ3n) is 2.54. The quantitative estimate of drug-likeness (QED) is 0.937. The third kappa shape index (κ3) is 2.77. The van der Waals surface area contributed by atoms with Crippen LogP contribution in [0.25, 0.3) is 0 Å². The summed E-state index contributed by atoms with van der Waals surface area (Å²) < 4.78 is 37.5. The summed E-state index contributed by atoms with van der Waals surface area (Å²) in [5, 5.41) is 1.71. The van der Waals surface area contributed by atoms with Gasteiger partial charge in [-0.2, -0.15) is 0 Å². The summed E-state index contributed by atoms with van der Waals surface area (Å²) in [7, 11) is -3.37. The van der Waals surface area contributed by atoms with Gasteiger partial charge in [0.25, 0.3) is 0 Å². The molecule has 3 nitrogen and oxygen atoms in total. The Balaban J connectivity index is 2.35. The minimum absolute atomic E-state index is 0.118. The maximum Gasteiger partial charge on any atom is 0.191 e. The third-order valence-corrected chi connectivity index (χ3v) is 5.69. The van der Waals surface area contributed by atoms with Crippen LogP contribution in [-0.4, -0.2) is 8.42 Å². The molecule has 1 heterocycles. The van der Waals surface area contributed by atoms with Gasteiger partial charge in [-0.25, -0.2) is 12.8 Å². The van der Waals surface area contributed by atoms with Gasteiger partial charge in [0.2, 0.25) is 0 Å². The van der Waals surface area contributed by atoms with Crippen LogP contribution in [-0.2, 0) is 22.1 Å². The molecule has 2 N–H and O–H groups in total. The summed E-state index contributed by atoms with van der Waals surface area (Å²) in [6.45, 7) is 0.118. The molecule has 0 spiro atoms. The SMILES string of the molecule is NCc1cc(F)ccc1CS(=O)(=O)c1cccs1. The molecular formula is C12H12FNO2S2.